The smallest absolute Gasteiger partial charge is 0.226 e. The molecule has 0 spiro atoms. The average molecular weight is 354 g/mol. The molecule has 1 amide bonds. The highest BCUT2D eigenvalue weighted by Gasteiger charge is 2.38. The van der Waals surface area contributed by atoms with Crippen LogP contribution in [0.3, 0.4) is 0 Å². The summed E-state index contributed by atoms with van der Waals surface area (Å²) < 4.78 is 11.9. The third-order valence-corrected chi connectivity index (χ3v) is 4.88. The zero-order chi connectivity index (χ0) is 14.7. The van der Waals surface area contributed by atoms with Crippen molar-refractivity contribution in [3.63, 3.8) is 0 Å². The Morgan fingerprint density at radius 3 is 2.71 bits per heavy atom. The number of hydrogen-bond acceptors (Lipinski definition) is 3. The molecular formula is C16H20BrNO3. The lowest BCUT2D eigenvalue weighted by Crippen LogP contribution is -2.51. The largest absolute Gasteiger partial charge is 0.381 e. The summed E-state index contributed by atoms with van der Waals surface area (Å²) in [7, 11) is 0. The summed E-state index contributed by atoms with van der Waals surface area (Å²) in [5.41, 5.74) is 0.828. The van der Waals surface area contributed by atoms with Crippen LogP contribution in [0.5, 0.6) is 0 Å². The maximum Gasteiger partial charge on any atom is 0.226 e. The first kappa shape index (κ1) is 15.0. The Hall–Kier alpha value is -0.910. The highest BCUT2D eigenvalue weighted by atomic mass is 79.9. The van der Waals surface area contributed by atoms with Gasteiger partial charge in [0.1, 0.15) is 0 Å². The van der Waals surface area contributed by atoms with Crippen LogP contribution >= 0.6 is 15.9 Å². The third-order valence-electron chi connectivity index (χ3n) is 4.39. The van der Waals surface area contributed by atoms with Gasteiger partial charge in [-0.2, -0.15) is 0 Å². The lowest BCUT2D eigenvalue weighted by molar-refractivity contribution is -0.128. The van der Waals surface area contributed by atoms with E-state index in [-0.39, 0.29) is 17.4 Å². The number of halogens is 1. The second-order valence-corrected chi connectivity index (χ2v) is 6.67. The molecule has 0 saturated carbocycles. The fourth-order valence-corrected chi connectivity index (χ4v) is 3.47. The van der Waals surface area contributed by atoms with Crippen LogP contribution < -0.4 is 5.32 Å². The van der Waals surface area contributed by atoms with Gasteiger partial charge < -0.3 is 14.8 Å². The van der Waals surface area contributed by atoms with E-state index in [2.05, 4.69) is 33.4 Å². The monoisotopic (exact) mass is 353 g/mol. The normalized spacial score (nSPS) is 24.7. The number of ether oxygens (including phenoxy) is 2. The summed E-state index contributed by atoms with van der Waals surface area (Å²) in [6, 6.07) is 8.20. The zero-order valence-corrected chi connectivity index (χ0v) is 13.5. The van der Waals surface area contributed by atoms with Gasteiger partial charge in [0.05, 0.1) is 18.1 Å². The van der Waals surface area contributed by atoms with E-state index < -0.39 is 0 Å². The molecule has 2 heterocycles. The molecule has 5 heteroatoms. The quantitative estimate of drug-likeness (QED) is 0.908. The molecule has 0 aliphatic carbocycles. The fraction of sp³-hybridized carbons (Fsp3) is 0.562. The van der Waals surface area contributed by atoms with E-state index in [1.165, 1.54) is 0 Å². The van der Waals surface area contributed by atoms with E-state index in [4.69, 9.17) is 9.47 Å². The molecule has 1 N–H and O–H groups in total. The number of rotatable bonds is 3. The van der Waals surface area contributed by atoms with Gasteiger partial charge in [-0.25, -0.2) is 0 Å². The molecule has 0 bridgehead atoms. The van der Waals surface area contributed by atoms with Crippen LogP contribution in [0.25, 0.3) is 0 Å². The van der Waals surface area contributed by atoms with Crippen molar-refractivity contribution in [3.05, 3.63) is 34.3 Å². The topological polar surface area (TPSA) is 47.6 Å². The van der Waals surface area contributed by atoms with Crippen LogP contribution in [0.2, 0.25) is 0 Å². The van der Waals surface area contributed by atoms with Gasteiger partial charge in [-0.3, -0.25) is 4.79 Å². The van der Waals surface area contributed by atoms with Gasteiger partial charge in [-0.1, -0.05) is 28.1 Å². The molecule has 3 rings (SSSR count). The van der Waals surface area contributed by atoms with E-state index in [1.54, 1.807) is 0 Å². The van der Waals surface area contributed by atoms with Crippen LogP contribution in [0.4, 0.5) is 0 Å². The molecule has 1 aromatic rings. The van der Waals surface area contributed by atoms with Crippen LogP contribution in [-0.4, -0.2) is 32.3 Å². The van der Waals surface area contributed by atoms with Crippen molar-refractivity contribution >= 4 is 21.8 Å². The number of carbonyl (C=O) groups is 1. The number of benzene rings is 1. The SMILES string of the molecule is O=C(NC1(c2cccc(Br)c2)CCOCC1)C1CCOC1. The molecule has 114 valence electrons. The second-order valence-electron chi connectivity index (χ2n) is 5.75. The van der Waals surface area contributed by atoms with Crippen LogP contribution in [0.1, 0.15) is 24.8 Å². The Kier molecular flexibility index (Phi) is 4.62. The first-order chi connectivity index (χ1) is 10.2. The van der Waals surface area contributed by atoms with E-state index >= 15 is 0 Å². The fourth-order valence-electron chi connectivity index (χ4n) is 3.07. The van der Waals surface area contributed by atoms with Crippen LogP contribution in [-0.2, 0) is 19.8 Å². The van der Waals surface area contributed by atoms with Gasteiger partial charge in [-0.15, -0.1) is 0 Å². The van der Waals surface area contributed by atoms with Crippen molar-refractivity contribution in [2.45, 2.75) is 24.8 Å². The minimum atomic E-state index is -0.318. The van der Waals surface area contributed by atoms with Crippen molar-refractivity contribution in [2.75, 3.05) is 26.4 Å². The number of nitrogens with one attached hydrogen (secondary N) is 1. The number of hydrogen-bond donors (Lipinski definition) is 1. The Morgan fingerprint density at radius 1 is 1.24 bits per heavy atom. The summed E-state index contributed by atoms with van der Waals surface area (Å²) in [5, 5.41) is 3.30. The van der Waals surface area contributed by atoms with Gasteiger partial charge >= 0.3 is 0 Å². The summed E-state index contributed by atoms with van der Waals surface area (Å²) in [6.45, 7) is 2.57. The van der Waals surface area contributed by atoms with Crippen molar-refractivity contribution in [3.8, 4) is 0 Å². The molecule has 4 nitrogen and oxygen atoms in total. The molecule has 2 saturated heterocycles. The molecule has 21 heavy (non-hydrogen) atoms. The Morgan fingerprint density at radius 2 is 2.05 bits per heavy atom. The van der Waals surface area contributed by atoms with E-state index in [1.807, 2.05) is 12.1 Å². The Labute approximate surface area is 133 Å². The van der Waals surface area contributed by atoms with Gasteiger partial charge in [-0.05, 0) is 37.0 Å². The molecule has 1 aromatic carbocycles. The molecule has 2 aliphatic heterocycles. The maximum atomic E-state index is 12.5. The Balaban J connectivity index is 1.84. The lowest BCUT2D eigenvalue weighted by Gasteiger charge is -2.39. The number of carbonyl (C=O) groups excluding carboxylic acids is 1. The maximum absolute atomic E-state index is 12.5. The molecule has 0 radical (unpaired) electrons. The molecule has 0 aromatic heterocycles. The zero-order valence-electron chi connectivity index (χ0n) is 11.9. The third kappa shape index (κ3) is 3.30. The van der Waals surface area contributed by atoms with Crippen LogP contribution in [0, 0.1) is 5.92 Å². The molecule has 1 unspecified atom stereocenters. The van der Waals surface area contributed by atoms with E-state index in [0.717, 1.165) is 29.3 Å². The summed E-state index contributed by atoms with van der Waals surface area (Å²) in [4.78, 5) is 12.5. The van der Waals surface area contributed by atoms with Crippen molar-refractivity contribution in [1.82, 2.24) is 5.32 Å². The van der Waals surface area contributed by atoms with Crippen molar-refractivity contribution in [1.29, 1.82) is 0 Å². The van der Waals surface area contributed by atoms with Gasteiger partial charge in [0.2, 0.25) is 5.91 Å². The Bertz CT molecular complexity index is 508. The van der Waals surface area contributed by atoms with Gasteiger partial charge in [0, 0.05) is 24.3 Å². The highest BCUT2D eigenvalue weighted by molar-refractivity contribution is 9.10. The van der Waals surface area contributed by atoms with E-state index in [0.29, 0.717) is 26.4 Å². The number of amides is 1. The standard InChI is InChI=1S/C16H20BrNO3/c17-14-3-1-2-13(10-14)16(5-8-20-9-6-16)18-15(19)12-4-7-21-11-12/h1-3,10,12H,4-9,11H2,(H,18,19). The van der Waals surface area contributed by atoms with Crippen molar-refractivity contribution in [2.24, 2.45) is 5.92 Å². The van der Waals surface area contributed by atoms with E-state index in [9.17, 15) is 4.79 Å². The van der Waals surface area contributed by atoms with Gasteiger partial charge in [0.15, 0.2) is 0 Å². The first-order valence-electron chi connectivity index (χ1n) is 7.43. The summed E-state index contributed by atoms with van der Waals surface area (Å²) >= 11 is 3.52. The highest BCUT2D eigenvalue weighted by Crippen LogP contribution is 2.34. The minimum absolute atomic E-state index is 0.0168. The second kappa shape index (κ2) is 6.46. The molecule has 2 aliphatic rings. The summed E-state index contributed by atoms with van der Waals surface area (Å²) in [6.07, 6.45) is 2.43. The minimum Gasteiger partial charge on any atom is -0.381 e. The van der Waals surface area contributed by atoms with Gasteiger partial charge in [0.25, 0.3) is 0 Å². The predicted octanol–water partition coefficient (Wildman–Crippen LogP) is 2.61. The first-order valence-corrected chi connectivity index (χ1v) is 8.22. The molecular weight excluding hydrogens is 334 g/mol. The lowest BCUT2D eigenvalue weighted by atomic mass is 9.82. The summed E-state index contributed by atoms with van der Waals surface area (Å²) in [5.74, 6) is 0.0891. The molecule has 1 atom stereocenters. The predicted molar refractivity (Wildman–Crippen MR) is 82.9 cm³/mol. The van der Waals surface area contributed by atoms with Crippen LogP contribution in [0.15, 0.2) is 28.7 Å². The average Bonchev–Trinajstić information content (AvgIpc) is 3.02. The molecule has 2 fully saturated rings. The van der Waals surface area contributed by atoms with Crippen molar-refractivity contribution < 1.29 is 14.3 Å².